The van der Waals surface area contributed by atoms with Crippen LogP contribution in [0.2, 0.25) is 5.02 Å². The van der Waals surface area contributed by atoms with E-state index in [1.807, 2.05) is 13.0 Å². The highest BCUT2D eigenvalue weighted by Gasteiger charge is 2.13. The molecule has 0 bridgehead atoms. The second kappa shape index (κ2) is 4.64. The van der Waals surface area contributed by atoms with Gasteiger partial charge in [0.05, 0.1) is 7.11 Å². The zero-order valence-corrected chi connectivity index (χ0v) is 9.14. The van der Waals surface area contributed by atoms with Crippen molar-refractivity contribution >= 4 is 11.6 Å². The molecule has 1 rings (SSSR count). The monoisotopic (exact) mass is 214 g/mol. The predicted molar refractivity (Wildman–Crippen MR) is 58.7 cm³/mol. The van der Waals surface area contributed by atoms with Gasteiger partial charge >= 0.3 is 0 Å². The number of hydrogen-bond acceptors (Lipinski definition) is 3. The van der Waals surface area contributed by atoms with E-state index in [0.717, 1.165) is 16.9 Å². The molecule has 0 saturated carbocycles. The van der Waals surface area contributed by atoms with E-state index in [1.54, 1.807) is 13.2 Å². The smallest absolute Gasteiger partial charge is 0.126 e. The van der Waals surface area contributed by atoms with Gasteiger partial charge in [-0.1, -0.05) is 11.6 Å². The van der Waals surface area contributed by atoms with Crippen LogP contribution in [0.15, 0.2) is 12.1 Å². The molecule has 3 nitrogen and oxygen atoms in total. The summed E-state index contributed by atoms with van der Waals surface area (Å²) >= 11 is 5.93. The molecule has 0 radical (unpaired) electrons. The van der Waals surface area contributed by atoms with E-state index < -0.39 is 0 Å². The van der Waals surface area contributed by atoms with Crippen LogP contribution in [0.5, 0.6) is 5.75 Å². The molecule has 14 heavy (non-hydrogen) atoms. The van der Waals surface area contributed by atoms with Gasteiger partial charge in [-0.2, -0.15) is 0 Å². The first-order valence-corrected chi connectivity index (χ1v) is 4.77. The number of nitrogens with two attached hydrogens (primary N) is 2. The summed E-state index contributed by atoms with van der Waals surface area (Å²) in [7, 11) is 1.61. The molecule has 0 saturated heterocycles. The van der Waals surface area contributed by atoms with Gasteiger partial charge in [0.15, 0.2) is 0 Å². The van der Waals surface area contributed by atoms with Crippen molar-refractivity contribution in [2.45, 2.75) is 13.0 Å². The van der Waals surface area contributed by atoms with Crippen molar-refractivity contribution in [3.63, 3.8) is 0 Å². The van der Waals surface area contributed by atoms with Gasteiger partial charge in [0.1, 0.15) is 5.75 Å². The molecule has 0 unspecified atom stereocenters. The lowest BCUT2D eigenvalue weighted by atomic mass is 10.0. The van der Waals surface area contributed by atoms with E-state index in [2.05, 4.69) is 0 Å². The first kappa shape index (κ1) is 11.3. The van der Waals surface area contributed by atoms with E-state index in [4.69, 9.17) is 27.8 Å². The molecule has 1 aromatic carbocycles. The highest BCUT2D eigenvalue weighted by atomic mass is 35.5. The van der Waals surface area contributed by atoms with Gasteiger partial charge in [-0.15, -0.1) is 0 Å². The van der Waals surface area contributed by atoms with E-state index in [-0.39, 0.29) is 6.04 Å². The Kier molecular flexibility index (Phi) is 3.75. The summed E-state index contributed by atoms with van der Waals surface area (Å²) < 4.78 is 5.26. The summed E-state index contributed by atoms with van der Waals surface area (Å²) in [6.07, 6.45) is 0. The Morgan fingerprint density at radius 3 is 2.64 bits per heavy atom. The maximum Gasteiger partial charge on any atom is 0.126 e. The lowest BCUT2D eigenvalue weighted by molar-refractivity contribution is 0.403. The molecule has 0 aliphatic rings. The van der Waals surface area contributed by atoms with E-state index >= 15 is 0 Å². The maximum absolute atomic E-state index is 5.93. The third kappa shape index (κ3) is 2.18. The van der Waals surface area contributed by atoms with Crippen LogP contribution < -0.4 is 16.2 Å². The molecule has 78 valence electrons. The van der Waals surface area contributed by atoms with Crippen molar-refractivity contribution in [2.24, 2.45) is 11.5 Å². The molecular weight excluding hydrogens is 200 g/mol. The molecule has 0 amide bonds. The first-order chi connectivity index (χ1) is 6.60. The average molecular weight is 215 g/mol. The quantitative estimate of drug-likeness (QED) is 0.804. The van der Waals surface area contributed by atoms with Crippen LogP contribution in [-0.4, -0.2) is 13.7 Å². The summed E-state index contributed by atoms with van der Waals surface area (Å²) in [5.74, 6) is 0.771. The largest absolute Gasteiger partial charge is 0.496 e. The molecule has 0 heterocycles. The molecule has 0 aromatic heterocycles. The molecule has 0 aliphatic carbocycles. The average Bonchev–Trinajstić information content (AvgIpc) is 2.15. The predicted octanol–water partition coefficient (Wildman–Crippen LogP) is 1.62. The number of benzene rings is 1. The van der Waals surface area contributed by atoms with Crippen LogP contribution in [0.1, 0.15) is 17.2 Å². The van der Waals surface area contributed by atoms with Crippen LogP contribution >= 0.6 is 11.6 Å². The normalized spacial score (nSPS) is 12.6. The molecule has 1 aromatic rings. The number of hydrogen-bond donors (Lipinski definition) is 2. The van der Waals surface area contributed by atoms with Crippen LogP contribution in [0.3, 0.4) is 0 Å². The lowest BCUT2D eigenvalue weighted by Crippen LogP contribution is -2.21. The SMILES string of the molecule is COc1c(C)cc(Cl)cc1[C@@H](N)CN. The lowest BCUT2D eigenvalue weighted by Gasteiger charge is -2.16. The van der Waals surface area contributed by atoms with Crippen molar-refractivity contribution < 1.29 is 4.74 Å². The van der Waals surface area contributed by atoms with Gasteiger partial charge in [0.2, 0.25) is 0 Å². The van der Waals surface area contributed by atoms with Gasteiger partial charge in [-0.05, 0) is 24.6 Å². The molecular formula is C10H15ClN2O. The molecule has 4 heteroatoms. The Hall–Kier alpha value is -0.770. The van der Waals surface area contributed by atoms with E-state index in [1.165, 1.54) is 0 Å². The standard InChI is InChI=1S/C10H15ClN2O/c1-6-3-7(11)4-8(9(13)5-12)10(6)14-2/h3-4,9H,5,12-13H2,1-2H3/t9-/m0/s1. The van der Waals surface area contributed by atoms with Gasteiger partial charge < -0.3 is 16.2 Å². The number of aryl methyl sites for hydroxylation is 1. The Morgan fingerprint density at radius 1 is 1.50 bits per heavy atom. The van der Waals surface area contributed by atoms with Crippen LogP contribution in [0.25, 0.3) is 0 Å². The van der Waals surface area contributed by atoms with Gasteiger partial charge in [-0.3, -0.25) is 0 Å². The van der Waals surface area contributed by atoms with Gasteiger partial charge in [-0.25, -0.2) is 0 Å². The Balaban J connectivity index is 3.24. The third-order valence-corrected chi connectivity index (χ3v) is 2.34. The second-order valence-corrected chi connectivity index (χ2v) is 3.62. The summed E-state index contributed by atoms with van der Waals surface area (Å²) in [4.78, 5) is 0. The Morgan fingerprint density at radius 2 is 2.14 bits per heavy atom. The summed E-state index contributed by atoms with van der Waals surface area (Å²) in [5, 5.41) is 0.655. The third-order valence-electron chi connectivity index (χ3n) is 2.13. The van der Waals surface area contributed by atoms with Crippen LogP contribution in [0.4, 0.5) is 0 Å². The van der Waals surface area contributed by atoms with Gasteiger partial charge in [0, 0.05) is 23.2 Å². The Bertz CT molecular complexity index is 328. The topological polar surface area (TPSA) is 61.3 Å². The van der Waals surface area contributed by atoms with Crippen LogP contribution in [0, 0.1) is 6.92 Å². The summed E-state index contributed by atoms with van der Waals surface area (Å²) in [6.45, 7) is 2.30. The molecule has 4 N–H and O–H groups in total. The molecule has 0 fully saturated rings. The van der Waals surface area contributed by atoms with Gasteiger partial charge in [0.25, 0.3) is 0 Å². The maximum atomic E-state index is 5.93. The van der Waals surface area contributed by atoms with E-state index in [0.29, 0.717) is 11.6 Å². The minimum atomic E-state index is -0.234. The number of rotatable bonds is 3. The van der Waals surface area contributed by atoms with Crippen molar-refractivity contribution in [3.05, 3.63) is 28.3 Å². The summed E-state index contributed by atoms with van der Waals surface area (Å²) in [6, 6.07) is 3.40. The zero-order valence-electron chi connectivity index (χ0n) is 8.38. The van der Waals surface area contributed by atoms with E-state index in [9.17, 15) is 0 Å². The van der Waals surface area contributed by atoms with Crippen molar-refractivity contribution in [1.29, 1.82) is 0 Å². The zero-order chi connectivity index (χ0) is 10.7. The molecule has 0 aliphatic heterocycles. The second-order valence-electron chi connectivity index (χ2n) is 3.19. The van der Waals surface area contributed by atoms with Crippen molar-refractivity contribution in [3.8, 4) is 5.75 Å². The fourth-order valence-corrected chi connectivity index (χ4v) is 1.72. The highest BCUT2D eigenvalue weighted by Crippen LogP contribution is 2.30. The highest BCUT2D eigenvalue weighted by molar-refractivity contribution is 6.30. The first-order valence-electron chi connectivity index (χ1n) is 4.39. The number of halogens is 1. The number of methoxy groups -OCH3 is 1. The fourth-order valence-electron chi connectivity index (χ4n) is 1.44. The minimum Gasteiger partial charge on any atom is -0.496 e. The van der Waals surface area contributed by atoms with Crippen molar-refractivity contribution in [1.82, 2.24) is 0 Å². The van der Waals surface area contributed by atoms with Crippen molar-refractivity contribution in [2.75, 3.05) is 13.7 Å². The molecule has 0 spiro atoms. The Labute approximate surface area is 89.0 Å². The number of ether oxygens (including phenoxy) is 1. The fraction of sp³-hybridized carbons (Fsp3) is 0.400. The molecule has 1 atom stereocenters. The van der Waals surface area contributed by atoms with Crippen LogP contribution in [-0.2, 0) is 0 Å². The minimum absolute atomic E-state index is 0.234. The summed E-state index contributed by atoms with van der Waals surface area (Å²) in [5.41, 5.74) is 13.2.